The average molecular weight is 350 g/mol. The summed E-state index contributed by atoms with van der Waals surface area (Å²) in [6, 6.07) is 10.1. The summed E-state index contributed by atoms with van der Waals surface area (Å²) in [5, 5.41) is 5.55. The van der Waals surface area contributed by atoms with E-state index in [1.807, 2.05) is 0 Å². The molecule has 1 heterocycles. The lowest BCUT2D eigenvalue weighted by molar-refractivity contribution is -0.121. The van der Waals surface area contributed by atoms with E-state index < -0.39 is 5.54 Å². The lowest BCUT2D eigenvalue weighted by Crippen LogP contribution is -2.48. The molecule has 6 nitrogen and oxygen atoms in total. The van der Waals surface area contributed by atoms with E-state index in [1.165, 1.54) is 6.26 Å². The molecule has 1 aromatic carbocycles. The number of carbonyl (C=O) groups is 2. The Morgan fingerprint density at radius 1 is 1.00 bits per heavy atom. The van der Waals surface area contributed by atoms with Gasteiger partial charge < -0.3 is 20.8 Å². The van der Waals surface area contributed by atoms with Gasteiger partial charge in [0.25, 0.3) is 5.91 Å². The van der Waals surface area contributed by atoms with Crippen molar-refractivity contribution in [3.63, 3.8) is 0 Å². The van der Waals surface area contributed by atoms with Crippen LogP contribution in [-0.4, -0.2) is 17.4 Å². The lowest BCUT2D eigenvalue weighted by atomic mass is 9.98. The van der Waals surface area contributed by atoms with Gasteiger partial charge in [0, 0.05) is 11.4 Å². The Morgan fingerprint density at radius 2 is 1.58 bits per heavy atom. The molecule has 0 atom stereocenters. The molecule has 1 aromatic heterocycles. The van der Waals surface area contributed by atoms with Crippen LogP contribution in [0.25, 0.3) is 0 Å². The number of amides is 2. The van der Waals surface area contributed by atoms with E-state index in [4.69, 9.17) is 10.2 Å². The summed E-state index contributed by atoms with van der Waals surface area (Å²) < 4.78 is 5.03. The predicted octanol–water partition coefficient (Wildman–Crippen LogP) is 3.16. The molecule has 3 rings (SSSR count). The Bertz CT molecular complexity index is 692. The standard InChI is InChI=1S/C17H19N3O3.ClH/c18-17(9-1-2-10-17)16(22)20-13-7-5-12(6-8-13)19-15(21)14-4-3-11-23-14;/h3-8,11H,1-2,9-10,18H2,(H,19,21)(H,20,22);1H. The molecule has 1 fully saturated rings. The van der Waals surface area contributed by atoms with E-state index in [0.29, 0.717) is 11.4 Å². The number of furan rings is 1. The zero-order valence-electron chi connectivity index (χ0n) is 13.1. The summed E-state index contributed by atoms with van der Waals surface area (Å²) in [4.78, 5) is 24.1. The van der Waals surface area contributed by atoms with E-state index in [2.05, 4.69) is 10.6 Å². The summed E-state index contributed by atoms with van der Waals surface area (Å²) >= 11 is 0. The van der Waals surface area contributed by atoms with Gasteiger partial charge in [-0.25, -0.2) is 0 Å². The third-order valence-corrected chi connectivity index (χ3v) is 4.09. The molecular formula is C17H20ClN3O3. The van der Waals surface area contributed by atoms with Crippen molar-refractivity contribution in [3.8, 4) is 0 Å². The van der Waals surface area contributed by atoms with E-state index in [9.17, 15) is 9.59 Å². The number of benzene rings is 1. The molecule has 2 amide bonds. The Hall–Kier alpha value is -2.31. The van der Waals surface area contributed by atoms with Crippen LogP contribution in [0.4, 0.5) is 11.4 Å². The first-order valence-electron chi connectivity index (χ1n) is 7.62. The summed E-state index contributed by atoms with van der Waals surface area (Å²) in [6.45, 7) is 0. The van der Waals surface area contributed by atoms with Crippen molar-refractivity contribution in [2.75, 3.05) is 10.6 Å². The average Bonchev–Trinajstić information content (AvgIpc) is 3.21. The first-order chi connectivity index (χ1) is 11.1. The van der Waals surface area contributed by atoms with Gasteiger partial charge in [-0.2, -0.15) is 0 Å². The third kappa shape index (κ3) is 3.96. The minimum absolute atomic E-state index is 0. The number of nitrogens with two attached hydrogens (primary N) is 1. The fraction of sp³-hybridized carbons (Fsp3) is 0.294. The maximum absolute atomic E-state index is 12.2. The van der Waals surface area contributed by atoms with Crippen molar-refractivity contribution < 1.29 is 14.0 Å². The van der Waals surface area contributed by atoms with Crippen molar-refractivity contribution in [2.45, 2.75) is 31.2 Å². The molecule has 128 valence electrons. The Balaban J connectivity index is 0.00000208. The summed E-state index contributed by atoms with van der Waals surface area (Å²) in [5.41, 5.74) is 6.64. The number of anilines is 2. The molecule has 0 spiro atoms. The van der Waals surface area contributed by atoms with E-state index in [1.54, 1.807) is 36.4 Å². The highest BCUT2D eigenvalue weighted by Gasteiger charge is 2.36. The number of halogens is 1. The first kappa shape index (κ1) is 18.0. The number of rotatable bonds is 4. The highest BCUT2D eigenvalue weighted by atomic mass is 35.5. The molecule has 1 saturated carbocycles. The quantitative estimate of drug-likeness (QED) is 0.789. The van der Waals surface area contributed by atoms with Crippen molar-refractivity contribution >= 4 is 35.6 Å². The molecule has 0 aliphatic heterocycles. The number of nitrogens with one attached hydrogen (secondary N) is 2. The van der Waals surface area contributed by atoms with Gasteiger partial charge in [-0.3, -0.25) is 9.59 Å². The van der Waals surface area contributed by atoms with Crippen molar-refractivity contribution in [1.82, 2.24) is 0 Å². The zero-order valence-corrected chi connectivity index (χ0v) is 13.9. The van der Waals surface area contributed by atoms with Crippen molar-refractivity contribution in [2.24, 2.45) is 5.73 Å². The molecule has 0 unspecified atom stereocenters. The highest BCUT2D eigenvalue weighted by molar-refractivity contribution is 6.02. The normalized spacial score (nSPS) is 15.4. The van der Waals surface area contributed by atoms with E-state index in [0.717, 1.165) is 25.7 Å². The molecule has 7 heteroatoms. The van der Waals surface area contributed by atoms with Gasteiger partial charge >= 0.3 is 0 Å². The maximum atomic E-state index is 12.2. The smallest absolute Gasteiger partial charge is 0.291 e. The van der Waals surface area contributed by atoms with Crippen LogP contribution >= 0.6 is 12.4 Å². The number of carbonyl (C=O) groups excluding carboxylic acids is 2. The van der Waals surface area contributed by atoms with Crippen LogP contribution in [-0.2, 0) is 4.79 Å². The Labute approximate surface area is 146 Å². The topological polar surface area (TPSA) is 97.4 Å². The van der Waals surface area contributed by atoms with Gasteiger partial charge in [-0.1, -0.05) is 12.8 Å². The third-order valence-electron chi connectivity index (χ3n) is 4.09. The van der Waals surface area contributed by atoms with E-state index in [-0.39, 0.29) is 30.0 Å². The molecule has 1 aliphatic rings. The molecule has 0 radical (unpaired) electrons. The summed E-state index contributed by atoms with van der Waals surface area (Å²) in [6.07, 6.45) is 4.86. The Morgan fingerprint density at radius 3 is 2.12 bits per heavy atom. The minimum atomic E-state index is -0.758. The SMILES string of the molecule is Cl.NC1(C(=O)Nc2ccc(NC(=O)c3ccco3)cc2)CCCC1. The zero-order chi connectivity index (χ0) is 16.3. The fourth-order valence-corrected chi connectivity index (χ4v) is 2.73. The second-order valence-electron chi connectivity index (χ2n) is 5.83. The minimum Gasteiger partial charge on any atom is -0.459 e. The summed E-state index contributed by atoms with van der Waals surface area (Å²) in [7, 11) is 0. The van der Waals surface area contributed by atoms with Crippen LogP contribution in [0.2, 0.25) is 0 Å². The molecule has 1 aliphatic carbocycles. The van der Waals surface area contributed by atoms with Crippen LogP contribution in [0.5, 0.6) is 0 Å². The van der Waals surface area contributed by atoms with Gasteiger partial charge in [0.05, 0.1) is 11.8 Å². The van der Waals surface area contributed by atoms with Crippen LogP contribution < -0.4 is 16.4 Å². The predicted molar refractivity (Wildman–Crippen MR) is 94.4 cm³/mol. The van der Waals surface area contributed by atoms with Gasteiger partial charge in [0.15, 0.2) is 5.76 Å². The molecule has 24 heavy (non-hydrogen) atoms. The maximum Gasteiger partial charge on any atom is 0.291 e. The highest BCUT2D eigenvalue weighted by Crippen LogP contribution is 2.28. The lowest BCUT2D eigenvalue weighted by Gasteiger charge is -2.22. The second kappa shape index (κ2) is 7.51. The van der Waals surface area contributed by atoms with Crippen LogP contribution in [0.1, 0.15) is 36.2 Å². The molecule has 0 bridgehead atoms. The van der Waals surface area contributed by atoms with Gasteiger partial charge in [0.2, 0.25) is 5.91 Å². The fourth-order valence-electron chi connectivity index (χ4n) is 2.73. The molecule has 2 aromatic rings. The number of hydrogen-bond donors (Lipinski definition) is 3. The van der Waals surface area contributed by atoms with Gasteiger partial charge in [-0.05, 0) is 49.2 Å². The largest absolute Gasteiger partial charge is 0.459 e. The van der Waals surface area contributed by atoms with Gasteiger partial charge in [0.1, 0.15) is 0 Å². The first-order valence-corrected chi connectivity index (χ1v) is 7.62. The summed E-state index contributed by atoms with van der Waals surface area (Å²) in [5.74, 6) is -0.227. The van der Waals surface area contributed by atoms with Crippen LogP contribution in [0.15, 0.2) is 47.1 Å². The number of hydrogen-bond acceptors (Lipinski definition) is 4. The van der Waals surface area contributed by atoms with E-state index >= 15 is 0 Å². The van der Waals surface area contributed by atoms with Gasteiger partial charge in [-0.15, -0.1) is 12.4 Å². The molecule has 0 saturated heterocycles. The second-order valence-corrected chi connectivity index (χ2v) is 5.83. The molecular weight excluding hydrogens is 330 g/mol. The van der Waals surface area contributed by atoms with Crippen molar-refractivity contribution in [3.05, 3.63) is 48.4 Å². The van der Waals surface area contributed by atoms with Crippen LogP contribution in [0, 0.1) is 0 Å². The van der Waals surface area contributed by atoms with Crippen LogP contribution in [0.3, 0.4) is 0 Å². The molecule has 4 N–H and O–H groups in total. The monoisotopic (exact) mass is 349 g/mol. The van der Waals surface area contributed by atoms with Crippen molar-refractivity contribution in [1.29, 1.82) is 0 Å². The Kier molecular flexibility index (Phi) is 5.64.